The monoisotopic (exact) mass is 390 g/mol. The molecular formula is C16H26N2O5S2. The predicted molar refractivity (Wildman–Crippen MR) is 96.5 cm³/mol. The van der Waals surface area contributed by atoms with E-state index in [2.05, 4.69) is 28.2 Å². The molecular weight excluding hydrogens is 364 g/mol. The van der Waals surface area contributed by atoms with Gasteiger partial charge in [-0.1, -0.05) is 13.8 Å². The lowest BCUT2D eigenvalue weighted by Crippen LogP contribution is -2.49. The fraction of sp³-hybridized carbons (Fsp3) is 0.688. The first-order valence-corrected chi connectivity index (χ1v) is 10.7. The fourth-order valence-electron chi connectivity index (χ4n) is 2.88. The van der Waals surface area contributed by atoms with E-state index in [0.29, 0.717) is 25.7 Å². The number of esters is 1. The molecule has 25 heavy (non-hydrogen) atoms. The van der Waals surface area contributed by atoms with Crippen molar-refractivity contribution in [1.82, 2.24) is 9.62 Å². The van der Waals surface area contributed by atoms with E-state index in [1.54, 1.807) is 5.38 Å². The van der Waals surface area contributed by atoms with Gasteiger partial charge in [0.05, 0.1) is 20.3 Å². The molecule has 0 spiro atoms. The number of methoxy groups -OCH3 is 1. The molecule has 1 unspecified atom stereocenters. The fourth-order valence-corrected chi connectivity index (χ4v) is 5.29. The van der Waals surface area contributed by atoms with Gasteiger partial charge in [0.2, 0.25) is 10.0 Å². The van der Waals surface area contributed by atoms with Crippen molar-refractivity contribution in [2.75, 3.05) is 40.0 Å². The van der Waals surface area contributed by atoms with Gasteiger partial charge in [-0.05, 0) is 23.8 Å². The van der Waals surface area contributed by atoms with Crippen molar-refractivity contribution in [1.29, 1.82) is 0 Å². The molecule has 1 aromatic rings. The standard InChI is InChI=1S/C16H26N2O5S2/c1-12(2)10-13(18-5-7-23-8-6-18)11-17-25(20,21)14-4-9-24-15(14)16(19)22-3/h4,9,12-13,17H,5-8,10-11H2,1-3H3. The van der Waals surface area contributed by atoms with Crippen LogP contribution >= 0.6 is 11.3 Å². The van der Waals surface area contributed by atoms with Crippen molar-refractivity contribution in [2.45, 2.75) is 31.2 Å². The summed E-state index contributed by atoms with van der Waals surface area (Å²) in [5.41, 5.74) is 0. The van der Waals surface area contributed by atoms with Crippen molar-refractivity contribution < 1.29 is 22.7 Å². The van der Waals surface area contributed by atoms with E-state index in [9.17, 15) is 13.2 Å². The lowest BCUT2D eigenvalue weighted by molar-refractivity contribution is 0.0134. The van der Waals surface area contributed by atoms with Crippen LogP contribution in [0.1, 0.15) is 29.9 Å². The summed E-state index contributed by atoms with van der Waals surface area (Å²) in [5.74, 6) is -0.189. The molecule has 0 bridgehead atoms. The van der Waals surface area contributed by atoms with Gasteiger partial charge in [-0.2, -0.15) is 0 Å². The number of ether oxygens (including phenoxy) is 2. The van der Waals surface area contributed by atoms with Gasteiger partial charge >= 0.3 is 5.97 Å². The quantitative estimate of drug-likeness (QED) is 0.678. The molecule has 2 rings (SSSR count). The molecule has 2 heterocycles. The normalized spacial score (nSPS) is 17.6. The minimum atomic E-state index is -3.77. The molecule has 1 aromatic heterocycles. The summed E-state index contributed by atoms with van der Waals surface area (Å²) in [5, 5.41) is 1.58. The van der Waals surface area contributed by atoms with Crippen molar-refractivity contribution in [3.8, 4) is 0 Å². The molecule has 1 aliphatic heterocycles. The Bertz CT molecular complexity index is 666. The Hall–Kier alpha value is -1.00. The second-order valence-corrected chi connectivity index (χ2v) is 9.04. The number of carbonyl (C=O) groups excluding carboxylic acids is 1. The Morgan fingerprint density at radius 2 is 2.08 bits per heavy atom. The molecule has 0 amide bonds. The number of morpholine rings is 1. The number of nitrogens with one attached hydrogen (secondary N) is 1. The molecule has 1 atom stereocenters. The highest BCUT2D eigenvalue weighted by atomic mass is 32.2. The number of carbonyl (C=O) groups is 1. The van der Waals surface area contributed by atoms with Gasteiger partial charge in [0.25, 0.3) is 0 Å². The van der Waals surface area contributed by atoms with Crippen LogP contribution in [0, 0.1) is 5.92 Å². The number of sulfonamides is 1. The summed E-state index contributed by atoms with van der Waals surface area (Å²) in [6.45, 7) is 7.47. The first kappa shape index (κ1) is 20.3. The Kier molecular flexibility index (Phi) is 7.38. The molecule has 0 saturated carbocycles. The Labute approximate surface area is 153 Å². The van der Waals surface area contributed by atoms with Crippen molar-refractivity contribution in [3.05, 3.63) is 16.3 Å². The largest absolute Gasteiger partial charge is 0.465 e. The lowest BCUT2D eigenvalue weighted by atomic mass is 10.0. The van der Waals surface area contributed by atoms with Gasteiger partial charge in [-0.3, -0.25) is 4.90 Å². The first-order chi connectivity index (χ1) is 11.8. The van der Waals surface area contributed by atoms with Crippen molar-refractivity contribution in [2.24, 2.45) is 5.92 Å². The summed E-state index contributed by atoms with van der Waals surface area (Å²) in [4.78, 5) is 14.1. The maximum Gasteiger partial charge on any atom is 0.349 e. The average Bonchev–Trinajstić information content (AvgIpc) is 3.09. The lowest BCUT2D eigenvalue weighted by Gasteiger charge is -2.35. The van der Waals surface area contributed by atoms with Gasteiger partial charge in [0.15, 0.2) is 0 Å². The maximum absolute atomic E-state index is 12.7. The molecule has 1 N–H and O–H groups in total. The molecule has 9 heteroatoms. The average molecular weight is 391 g/mol. The third-order valence-corrected chi connectivity index (χ3v) is 6.59. The smallest absolute Gasteiger partial charge is 0.349 e. The molecule has 0 aromatic carbocycles. The maximum atomic E-state index is 12.7. The first-order valence-electron chi connectivity index (χ1n) is 8.32. The predicted octanol–water partition coefficient (Wildman–Crippen LogP) is 1.56. The van der Waals surface area contributed by atoms with Gasteiger partial charge in [0, 0.05) is 25.7 Å². The van der Waals surface area contributed by atoms with Crippen LogP contribution in [0.4, 0.5) is 0 Å². The third-order valence-electron chi connectivity index (χ3n) is 4.10. The van der Waals surface area contributed by atoms with Crippen LogP contribution in [0.25, 0.3) is 0 Å². The zero-order chi connectivity index (χ0) is 18.4. The second kappa shape index (κ2) is 9.09. The Balaban J connectivity index is 2.10. The number of hydrogen-bond acceptors (Lipinski definition) is 7. The SMILES string of the molecule is COC(=O)c1sccc1S(=O)(=O)NCC(CC(C)C)N1CCOCC1. The molecule has 142 valence electrons. The Morgan fingerprint density at radius 1 is 1.40 bits per heavy atom. The molecule has 0 aliphatic carbocycles. The minimum Gasteiger partial charge on any atom is -0.465 e. The molecule has 1 aliphatic rings. The number of hydrogen-bond donors (Lipinski definition) is 1. The van der Waals surface area contributed by atoms with E-state index in [-0.39, 0.29) is 15.8 Å². The summed E-state index contributed by atoms with van der Waals surface area (Å²) in [6, 6.07) is 1.53. The van der Waals surface area contributed by atoms with Crippen LogP contribution in [-0.2, 0) is 19.5 Å². The highest BCUT2D eigenvalue weighted by Crippen LogP contribution is 2.23. The summed E-state index contributed by atoms with van der Waals surface area (Å²) < 4.78 is 38.0. The van der Waals surface area contributed by atoms with Gasteiger partial charge in [0.1, 0.15) is 9.77 Å². The molecule has 1 saturated heterocycles. The summed E-state index contributed by atoms with van der Waals surface area (Å²) in [6.07, 6.45) is 0.885. The Morgan fingerprint density at radius 3 is 2.68 bits per heavy atom. The second-order valence-electron chi connectivity index (χ2n) is 6.39. The number of nitrogens with zero attached hydrogens (tertiary/aromatic N) is 1. The van der Waals surface area contributed by atoms with E-state index >= 15 is 0 Å². The van der Waals surface area contributed by atoms with Gasteiger partial charge in [-0.15, -0.1) is 11.3 Å². The van der Waals surface area contributed by atoms with E-state index in [1.807, 2.05) is 0 Å². The van der Waals surface area contributed by atoms with Crippen LogP contribution in [0.3, 0.4) is 0 Å². The molecule has 0 radical (unpaired) electrons. The third kappa shape index (κ3) is 5.49. The van der Waals surface area contributed by atoms with Crippen LogP contribution in [-0.4, -0.2) is 65.3 Å². The minimum absolute atomic E-state index is 0.0189. The van der Waals surface area contributed by atoms with Crippen LogP contribution < -0.4 is 4.72 Å². The van der Waals surface area contributed by atoms with Crippen molar-refractivity contribution >= 4 is 27.3 Å². The summed E-state index contributed by atoms with van der Waals surface area (Å²) in [7, 11) is -2.53. The van der Waals surface area contributed by atoms with E-state index in [4.69, 9.17) is 4.74 Å². The van der Waals surface area contributed by atoms with Crippen LogP contribution in [0.2, 0.25) is 0 Å². The number of rotatable bonds is 8. The molecule has 7 nitrogen and oxygen atoms in total. The highest BCUT2D eigenvalue weighted by molar-refractivity contribution is 7.89. The van der Waals surface area contributed by atoms with Crippen LogP contribution in [0.15, 0.2) is 16.3 Å². The topological polar surface area (TPSA) is 84.9 Å². The highest BCUT2D eigenvalue weighted by Gasteiger charge is 2.27. The zero-order valence-corrected chi connectivity index (χ0v) is 16.5. The zero-order valence-electron chi connectivity index (χ0n) is 14.9. The molecule has 1 fully saturated rings. The van der Waals surface area contributed by atoms with E-state index < -0.39 is 16.0 Å². The summed E-state index contributed by atoms with van der Waals surface area (Å²) >= 11 is 1.06. The van der Waals surface area contributed by atoms with Crippen molar-refractivity contribution in [3.63, 3.8) is 0 Å². The van der Waals surface area contributed by atoms with Crippen LogP contribution in [0.5, 0.6) is 0 Å². The van der Waals surface area contributed by atoms with E-state index in [0.717, 1.165) is 30.8 Å². The number of thiophene rings is 1. The van der Waals surface area contributed by atoms with Gasteiger partial charge in [-0.25, -0.2) is 17.9 Å². The van der Waals surface area contributed by atoms with E-state index in [1.165, 1.54) is 13.2 Å². The van der Waals surface area contributed by atoms with Gasteiger partial charge < -0.3 is 9.47 Å².